The quantitative estimate of drug-likeness (QED) is 0.808. The third kappa shape index (κ3) is 2.53. The lowest BCUT2D eigenvalue weighted by Crippen LogP contribution is -2.22. The average molecular weight is 289 g/mol. The van der Waals surface area contributed by atoms with Crippen LogP contribution in [0.15, 0.2) is 48.3 Å². The molecule has 2 heterocycles. The van der Waals surface area contributed by atoms with E-state index in [0.29, 0.717) is 23.8 Å². The fourth-order valence-electron chi connectivity index (χ4n) is 2.00. The molecule has 0 saturated carbocycles. The summed E-state index contributed by atoms with van der Waals surface area (Å²) in [4.78, 5) is 8.46. The minimum Gasteiger partial charge on any atom is -0.506 e. The largest absolute Gasteiger partial charge is 0.506 e. The summed E-state index contributed by atoms with van der Waals surface area (Å²) in [7, 11) is 0. The summed E-state index contributed by atoms with van der Waals surface area (Å²) in [6, 6.07) is 3.69. The monoisotopic (exact) mass is 288 g/mol. The molecule has 1 aromatic carbocycles. The summed E-state index contributed by atoms with van der Waals surface area (Å²) in [6.07, 6.45) is 6.73. The highest BCUT2D eigenvalue weighted by atomic mass is 35.5. The lowest BCUT2D eigenvalue weighted by Gasteiger charge is -2.15. The maximum atomic E-state index is 9.72. The predicted octanol–water partition coefficient (Wildman–Crippen LogP) is 2.26. The Labute approximate surface area is 121 Å². The zero-order valence-corrected chi connectivity index (χ0v) is 11.4. The number of aromatic nitrogens is 2. The van der Waals surface area contributed by atoms with Gasteiger partial charge in [-0.3, -0.25) is 9.97 Å². The second-order valence-electron chi connectivity index (χ2n) is 4.40. The van der Waals surface area contributed by atoms with Gasteiger partial charge in [-0.15, -0.1) is 0 Å². The van der Waals surface area contributed by atoms with Crippen LogP contribution < -0.4 is 10.6 Å². The van der Waals surface area contributed by atoms with Crippen LogP contribution in [-0.2, 0) is 6.54 Å². The standard InChI is InChI=1S/C14H13ClN4O/c15-10-6-12-11(17-3-4-18-12)5-9(10)7-19-13-8-16-2-1-14(13)20/h1,3-6,8,16,19-20H,2,7H2. The van der Waals surface area contributed by atoms with Gasteiger partial charge in [-0.1, -0.05) is 11.6 Å². The highest BCUT2D eigenvalue weighted by Gasteiger charge is 2.09. The molecule has 5 nitrogen and oxygen atoms in total. The van der Waals surface area contributed by atoms with Crippen LogP contribution in [0.4, 0.5) is 0 Å². The number of nitrogens with one attached hydrogen (secondary N) is 2. The van der Waals surface area contributed by atoms with Crippen molar-refractivity contribution in [3.05, 3.63) is 58.8 Å². The highest BCUT2D eigenvalue weighted by Crippen LogP contribution is 2.22. The molecule has 1 aromatic heterocycles. The van der Waals surface area contributed by atoms with E-state index < -0.39 is 0 Å². The third-order valence-corrected chi connectivity index (χ3v) is 3.39. The van der Waals surface area contributed by atoms with Crippen molar-refractivity contribution >= 4 is 22.6 Å². The van der Waals surface area contributed by atoms with Gasteiger partial charge < -0.3 is 15.7 Å². The van der Waals surface area contributed by atoms with Gasteiger partial charge in [0.2, 0.25) is 0 Å². The first-order valence-electron chi connectivity index (χ1n) is 6.20. The molecule has 0 radical (unpaired) electrons. The Morgan fingerprint density at radius 2 is 2.00 bits per heavy atom. The molecule has 3 rings (SSSR count). The van der Waals surface area contributed by atoms with Crippen molar-refractivity contribution in [2.24, 2.45) is 0 Å². The van der Waals surface area contributed by atoms with Crippen molar-refractivity contribution in [1.29, 1.82) is 0 Å². The molecule has 2 aromatic rings. The Morgan fingerprint density at radius 1 is 1.25 bits per heavy atom. The van der Waals surface area contributed by atoms with Crippen molar-refractivity contribution in [2.75, 3.05) is 6.54 Å². The molecule has 3 N–H and O–H groups in total. The van der Waals surface area contributed by atoms with E-state index in [0.717, 1.165) is 16.6 Å². The number of hydrogen-bond acceptors (Lipinski definition) is 5. The SMILES string of the molecule is OC1=CCNC=C1NCc1cc2nccnc2cc1Cl. The first-order chi connectivity index (χ1) is 9.74. The van der Waals surface area contributed by atoms with Gasteiger partial charge in [0.05, 0.1) is 16.7 Å². The summed E-state index contributed by atoms with van der Waals surface area (Å²) in [5.41, 5.74) is 3.11. The van der Waals surface area contributed by atoms with Crippen LogP contribution in [-0.4, -0.2) is 21.6 Å². The van der Waals surface area contributed by atoms with Crippen molar-refractivity contribution < 1.29 is 5.11 Å². The fourth-order valence-corrected chi connectivity index (χ4v) is 2.22. The number of fused-ring (bicyclic) bond motifs is 1. The summed E-state index contributed by atoms with van der Waals surface area (Å²) in [5, 5.41) is 16.5. The molecule has 0 unspecified atom stereocenters. The van der Waals surface area contributed by atoms with Gasteiger partial charge >= 0.3 is 0 Å². The van der Waals surface area contributed by atoms with E-state index in [1.54, 1.807) is 30.7 Å². The van der Waals surface area contributed by atoms with E-state index in [4.69, 9.17) is 11.6 Å². The summed E-state index contributed by atoms with van der Waals surface area (Å²) < 4.78 is 0. The highest BCUT2D eigenvalue weighted by molar-refractivity contribution is 6.32. The third-order valence-electron chi connectivity index (χ3n) is 3.04. The van der Waals surface area contributed by atoms with E-state index >= 15 is 0 Å². The molecule has 0 aliphatic carbocycles. The number of halogens is 1. The Balaban J connectivity index is 1.82. The molecule has 20 heavy (non-hydrogen) atoms. The van der Waals surface area contributed by atoms with Gasteiger partial charge in [0.15, 0.2) is 0 Å². The van der Waals surface area contributed by atoms with Crippen LogP contribution in [0.25, 0.3) is 11.0 Å². The minimum absolute atomic E-state index is 0.237. The first kappa shape index (κ1) is 12.7. The van der Waals surface area contributed by atoms with Gasteiger partial charge in [-0.05, 0) is 23.8 Å². The second-order valence-corrected chi connectivity index (χ2v) is 4.81. The number of rotatable bonds is 3. The summed E-state index contributed by atoms with van der Waals surface area (Å²) in [5.74, 6) is 0.237. The Morgan fingerprint density at radius 3 is 2.75 bits per heavy atom. The lowest BCUT2D eigenvalue weighted by atomic mass is 10.2. The molecule has 1 aliphatic heterocycles. The van der Waals surface area contributed by atoms with Gasteiger partial charge in [0.1, 0.15) is 5.76 Å². The fraction of sp³-hybridized carbons (Fsp3) is 0.143. The summed E-state index contributed by atoms with van der Waals surface area (Å²) in [6.45, 7) is 1.13. The Bertz CT molecular complexity index is 711. The number of aliphatic hydroxyl groups excluding tert-OH is 1. The molecule has 0 amide bonds. The van der Waals surface area contributed by atoms with Gasteiger partial charge in [0, 0.05) is 36.7 Å². The smallest absolute Gasteiger partial charge is 0.137 e. The van der Waals surface area contributed by atoms with Gasteiger partial charge in [-0.2, -0.15) is 0 Å². The van der Waals surface area contributed by atoms with Gasteiger partial charge in [0.25, 0.3) is 0 Å². The number of nitrogens with zero attached hydrogens (tertiary/aromatic N) is 2. The van der Waals surface area contributed by atoms with Crippen LogP contribution in [0, 0.1) is 0 Å². The van der Waals surface area contributed by atoms with Crippen LogP contribution in [0.3, 0.4) is 0 Å². The number of aliphatic hydroxyl groups is 1. The van der Waals surface area contributed by atoms with Crippen molar-refractivity contribution in [3.63, 3.8) is 0 Å². The number of dihydropyridines is 1. The molecule has 1 aliphatic rings. The lowest BCUT2D eigenvalue weighted by molar-refractivity contribution is 0.406. The van der Waals surface area contributed by atoms with Crippen LogP contribution in [0.1, 0.15) is 5.56 Å². The van der Waals surface area contributed by atoms with Gasteiger partial charge in [-0.25, -0.2) is 0 Å². The normalized spacial score (nSPS) is 14.4. The molecular weight excluding hydrogens is 276 g/mol. The minimum atomic E-state index is 0.237. The number of hydrogen-bond donors (Lipinski definition) is 3. The van der Waals surface area contributed by atoms with E-state index in [9.17, 15) is 5.11 Å². The maximum absolute atomic E-state index is 9.72. The van der Waals surface area contributed by atoms with E-state index in [2.05, 4.69) is 20.6 Å². The molecule has 0 atom stereocenters. The van der Waals surface area contributed by atoms with Crippen molar-refractivity contribution in [2.45, 2.75) is 6.54 Å². The predicted molar refractivity (Wildman–Crippen MR) is 78.2 cm³/mol. The van der Waals surface area contributed by atoms with Crippen LogP contribution in [0.5, 0.6) is 0 Å². The van der Waals surface area contributed by atoms with E-state index in [1.165, 1.54) is 0 Å². The Kier molecular flexibility index (Phi) is 3.43. The van der Waals surface area contributed by atoms with E-state index in [1.807, 2.05) is 6.07 Å². The van der Waals surface area contributed by atoms with Crippen molar-refractivity contribution in [3.8, 4) is 0 Å². The number of benzene rings is 1. The zero-order chi connectivity index (χ0) is 13.9. The topological polar surface area (TPSA) is 70.1 Å². The van der Waals surface area contributed by atoms with Crippen LogP contribution >= 0.6 is 11.6 Å². The second kappa shape index (κ2) is 5.38. The van der Waals surface area contributed by atoms with Crippen LogP contribution in [0.2, 0.25) is 5.02 Å². The molecule has 0 bridgehead atoms. The molecule has 0 saturated heterocycles. The first-order valence-corrected chi connectivity index (χ1v) is 6.58. The molecular formula is C14H13ClN4O. The maximum Gasteiger partial charge on any atom is 0.137 e. The summed E-state index contributed by atoms with van der Waals surface area (Å²) >= 11 is 6.24. The molecule has 0 fully saturated rings. The molecule has 0 spiro atoms. The molecule has 102 valence electrons. The Hall–Kier alpha value is -2.27. The zero-order valence-electron chi connectivity index (χ0n) is 10.6. The van der Waals surface area contributed by atoms with E-state index in [-0.39, 0.29) is 5.76 Å². The average Bonchev–Trinajstić information content (AvgIpc) is 2.46. The van der Waals surface area contributed by atoms with Crippen molar-refractivity contribution in [1.82, 2.24) is 20.6 Å². The molecule has 6 heteroatoms.